The third-order valence-corrected chi connectivity index (χ3v) is 3.09. The fraction of sp³-hybridized carbons (Fsp3) is 0.286. The summed E-state index contributed by atoms with van der Waals surface area (Å²) in [5, 5.41) is 0.685. The van der Waals surface area contributed by atoms with Crippen LogP contribution in [0, 0.1) is 0 Å². The average Bonchev–Trinajstić information content (AvgIpc) is 2.88. The highest BCUT2D eigenvalue weighted by Gasteiger charge is 2.12. The summed E-state index contributed by atoms with van der Waals surface area (Å²) in [6.45, 7) is 1.25. The van der Waals surface area contributed by atoms with Crippen LogP contribution in [0.3, 0.4) is 0 Å². The zero-order valence-corrected chi connectivity index (χ0v) is 10.9. The summed E-state index contributed by atoms with van der Waals surface area (Å²) in [4.78, 5) is 3.06. The van der Waals surface area contributed by atoms with Gasteiger partial charge < -0.3 is 15.5 Å². The van der Waals surface area contributed by atoms with Crippen molar-refractivity contribution in [3.8, 4) is 5.75 Å². The van der Waals surface area contributed by atoms with Gasteiger partial charge in [-0.2, -0.15) is 0 Å². The van der Waals surface area contributed by atoms with Crippen LogP contribution in [0.25, 0.3) is 0 Å². The van der Waals surface area contributed by atoms with Gasteiger partial charge >= 0.3 is 0 Å². The molecule has 0 radical (unpaired) electrons. The van der Waals surface area contributed by atoms with Crippen LogP contribution >= 0.6 is 11.6 Å². The summed E-state index contributed by atoms with van der Waals surface area (Å²) < 4.78 is 5.77. The molecule has 0 saturated carbocycles. The van der Waals surface area contributed by atoms with Gasteiger partial charge in [0.2, 0.25) is 0 Å². The van der Waals surface area contributed by atoms with E-state index in [0.29, 0.717) is 24.1 Å². The van der Waals surface area contributed by atoms with E-state index in [2.05, 4.69) is 11.1 Å². The number of hydrogen-bond acceptors (Lipinski definition) is 2. The van der Waals surface area contributed by atoms with Crippen molar-refractivity contribution in [2.75, 3.05) is 13.2 Å². The molecule has 1 unspecified atom stereocenters. The third kappa shape index (κ3) is 3.52. The number of rotatable bonds is 6. The number of aromatic nitrogens is 1. The van der Waals surface area contributed by atoms with Crippen molar-refractivity contribution < 1.29 is 4.74 Å². The Morgan fingerprint density at radius 1 is 1.33 bits per heavy atom. The fourth-order valence-corrected chi connectivity index (χ4v) is 2.07. The number of hydrogen-bond donors (Lipinski definition) is 2. The zero-order chi connectivity index (χ0) is 12.8. The molecule has 96 valence electrons. The Bertz CT molecular complexity index is 470. The number of nitrogens with one attached hydrogen (secondary N) is 1. The maximum absolute atomic E-state index is 5.92. The van der Waals surface area contributed by atoms with Gasteiger partial charge in [0.05, 0.1) is 6.61 Å². The molecule has 0 amide bonds. The molecule has 0 fully saturated rings. The van der Waals surface area contributed by atoms with Gasteiger partial charge in [-0.3, -0.25) is 0 Å². The van der Waals surface area contributed by atoms with E-state index in [1.54, 1.807) is 0 Å². The van der Waals surface area contributed by atoms with E-state index in [4.69, 9.17) is 22.1 Å². The average molecular weight is 265 g/mol. The Balaban J connectivity index is 1.98. The van der Waals surface area contributed by atoms with Gasteiger partial charge in [0.1, 0.15) is 5.75 Å². The Hall–Kier alpha value is -1.45. The Morgan fingerprint density at radius 2 is 2.22 bits per heavy atom. The van der Waals surface area contributed by atoms with Crippen molar-refractivity contribution in [2.24, 2.45) is 5.73 Å². The van der Waals surface area contributed by atoms with Crippen molar-refractivity contribution >= 4 is 11.6 Å². The van der Waals surface area contributed by atoms with Crippen molar-refractivity contribution in [1.82, 2.24) is 4.98 Å². The molecule has 0 aliphatic heterocycles. The van der Waals surface area contributed by atoms with Crippen LogP contribution in [0.1, 0.15) is 17.9 Å². The van der Waals surface area contributed by atoms with E-state index in [1.807, 2.05) is 36.7 Å². The van der Waals surface area contributed by atoms with Crippen LogP contribution in [-0.2, 0) is 0 Å². The first kappa shape index (κ1) is 13.0. The number of benzene rings is 1. The van der Waals surface area contributed by atoms with Gasteiger partial charge in [-0.1, -0.05) is 17.7 Å². The molecule has 1 aromatic carbocycles. The van der Waals surface area contributed by atoms with Crippen LogP contribution in [0.15, 0.2) is 42.7 Å². The van der Waals surface area contributed by atoms with Crippen LogP contribution in [0.2, 0.25) is 5.02 Å². The summed E-state index contributed by atoms with van der Waals surface area (Å²) in [5.74, 6) is 1.10. The molecule has 0 saturated heterocycles. The molecular weight excluding hydrogens is 248 g/mol. The molecule has 0 aliphatic rings. The smallest absolute Gasteiger partial charge is 0.120 e. The molecular formula is C14H17ClN2O. The first-order valence-electron chi connectivity index (χ1n) is 6.00. The lowest BCUT2D eigenvalue weighted by Gasteiger charge is -2.16. The molecule has 0 spiro atoms. The predicted molar refractivity (Wildman–Crippen MR) is 74.2 cm³/mol. The maximum atomic E-state index is 5.92. The minimum absolute atomic E-state index is 0.306. The van der Waals surface area contributed by atoms with E-state index in [9.17, 15) is 0 Å². The van der Waals surface area contributed by atoms with Gasteiger partial charge in [-0.25, -0.2) is 0 Å². The van der Waals surface area contributed by atoms with Gasteiger partial charge in [-0.15, -0.1) is 0 Å². The molecule has 1 heterocycles. The molecule has 2 aromatic rings. The Kier molecular flexibility index (Phi) is 4.67. The van der Waals surface area contributed by atoms with E-state index in [-0.39, 0.29) is 0 Å². The molecule has 0 bridgehead atoms. The van der Waals surface area contributed by atoms with Crippen LogP contribution < -0.4 is 10.5 Å². The van der Waals surface area contributed by atoms with Gasteiger partial charge in [0.15, 0.2) is 0 Å². The second-order valence-electron chi connectivity index (χ2n) is 4.19. The highest BCUT2D eigenvalue weighted by Crippen LogP contribution is 2.22. The first-order valence-corrected chi connectivity index (χ1v) is 6.38. The van der Waals surface area contributed by atoms with Crippen molar-refractivity contribution in [3.63, 3.8) is 0 Å². The van der Waals surface area contributed by atoms with Gasteiger partial charge in [0.25, 0.3) is 0 Å². The largest absolute Gasteiger partial charge is 0.493 e. The molecule has 18 heavy (non-hydrogen) atoms. The van der Waals surface area contributed by atoms with Crippen molar-refractivity contribution in [2.45, 2.75) is 12.3 Å². The second kappa shape index (κ2) is 6.47. The van der Waals surface area contributed by atoms with E-state index < -0.39 is 0 Å². The molecule has 2 rings (SSSR count). The molecule has 4 heteroatoms. The number of H-pyrrole nitrogens is 1. The first-order chi connectivity index (χ1) is 8.79. The lowest BCUT2D eigenvalue weighted by Crippen LogP contribution is -2.14. The highest BCUT2D eigenvalue weighted by molar-refractivity contribution is 6.30. The summed E-state index contributed by atoms with van der Waals surface area (Å²) >= 11 is 5.92. The van der Waals surface area contributed by atoms with Crippen LogP contribution in [0.5, 0.6) is 5.75 Å². The Labute approximate surface area is 112 Å². The topological polar surface area (TPSA) is 51.0 Å². The van der Waals surface area contributed by atoms with E-state index in [0.717, 1.165) is 12.2 Å². The molecule has 3 N–H and O–H groups in total. The summed E-state index contributed by atoms with van der Waals surface area (Å²) in [6, 6.07) is 9.49. The van der Waals surface area contributed by atoms with E-state index >= 15 is 0 Å². The fourth-order valence-electron chi connectivity index (χ4n) is 1.89. The molecule has 1 atom stereocenters. The number of nitrogens with two attached hydrogens (primary N) is 1. The highest BCUT2D eigenvalue weighted by atomic mass is 35.5. The summed E-state index contributed by atoms with van der Waals surface area (Å²) in [7, 11) is 0. The number of halogens is 1. The third-order valence-electron chi connectivity index (χ3n) is 2.86. The maximum Gasteiger partial charge on any atom is 0.120 e. The monoisotopic (exact) mass is 264 g/mol. The lowest BCUT2D eigenvalue weighted by molar-refractivity contribution is 0.283. The molecule has 0 aliphatic carbocycles. The van der Waals surface area contributed by atoms with Gasteiger partial charge in [-0.05, 0) is 42.8 Å². The van der Waals surface area contributed by atoms with Gasteiger partial charge in [0, 0.05) is 23.3 Å². The van der Waals surface area contributed by atoms with Crippen LogP contribution in [-0.4, -0.2) is 18.1 Å². The lowest BCUT2D eigenvalue weighted by atomic mass is 9.99. The summed E-state index contributed by atoms with van der Waals surface area (Å²) in [5.41, 5.74) is 6.87. The SMILES string of the molecule is NCCC(COc1cccc(Cl)c1)c1cc[nH]c1. The van der Waals surface area contributed by atoms with Crippen LogP contribution in [0.4, 0.5) is 0 Å². The number of ether oxygens (including phenoxy) is 1. The second-order valence-corrected chi connectivity index (χ2v) is 4.62. The predicted octanol–water partition coefficient (Wildman–Crippen LogP) is 3.18. The van der Waals surface area contributed by atoms with Crippen molar-refractivity contribution in [1.29, 1.82) is 0 Å². The minimum Gasteiger partial charge on any atom is -0.493 e. The Morgan fingerprint density at radius 3 is 2.89 bits per heavy atom. The minimum atomic E-state index is 0.306. The normalized spacial score (nSPS) is 12.3. The van der Waals surface area contributed by atoms with Crippen molar-refractivity contribution in [3.05, 3.63) is 53.3 Å². The molecule has 3 nitrogen and oxygen atoms in total. The number of aromatic amines is 1. The quantitative estimate of drug-likeness (QED) is 0.842. The summed E-state index contributed by atoms with van der Waals surface area (Å²) in [6.07, 6.45) is 4.80. The van der Waals surface area contributed by atoms with E-state index in [1.165, 1.54) is 5.56 Å². The zero-order valence-electron chi connectivity index (χ0n) is 10.1. The molecule has 1 aromatic heterocycles. The standard InChI is InChI=1S/C14H17ClN2O/c15-13-2-1-3-14(8-13)18-10-12(4-6-16)11-5-7-17-9-11/h1-3,5,7-9,12,17H,4,6,10,16H2.